The minimum Gasteiger partial charge on any atom is -0.497 e. The summed E-state index contributed by atoms with van der Waals surface area (Å²) in [6, 6.07) is 17.9. The van der Waals surface area contributed by atoms with Crippen LogP contribution in [0.25, 0.3) is 22.4 Å². The summed E-state index contributed by atoms with van der Waals surface area (Å²) in [6.07, 6.45) is -7.18. The van der Waals surface area contributed by atoms with E-state index in [0.29, 0.717) is 33.2 Å². The predicted molar refractivity (Wildman–Crippen MR) is 131 cm³/mol. The average molecular weight is 515 g/mol. The van der Waals surface area contributed by atoms with E-state index in [2.05, 4.69) is 6.07 Å². The molecule has 1 saturated heterocycles. The number of hydrogen-bond acceptors (Lipinski definition) is 8. The van der Waals surface area contributed by atoms with Gasteiger partial charge in [-0.1, -0.05) is 48.1 Å². The maximum atomic E-state index is 10.8. The third kappa shape index (κ3) is 4.70. The summed E-state index contributed by atoms with van der Waals surface area (Å²) in [5, 5.41) is 51.7. The highest BCUT2D eigenvalue weighted by atomic mass is 35.5. The number of aliphatic hydroxyl groups excluding tert-OH is 4. The van der Waals surface area contributed by atoms with Crippen LogP contribution in [-0.4, -0.2) is 63.1 Å². The SMILES string of the molecule is COc1ccc(-c2cc(-c3ccc(Cl)cc3)n([C@H]3O[C@@H](CO)[C@@H](O)[C@@H](O)[C@H]3O)c(=S)c2C#N)cc1. The van der Waals surface area contributed by atoms with Crippen molar-refractivity contribution in [3.8, 4) is 34.2 Å². The normalized spacial score (nSPS) is 24.1. The van der Waals surface area contributed by atoms with Crippen molar-refractivity contribution in [3.63, 3.8) is 0 Å². The average Bonchev–Trinajstić information content (AvgIpc) is 2.88. The summed E-state index contributed by atoms with van der Waals surface area (Å²) in [6.45, 7) is -0.597. The van der Waals surface area contributed by atoms with Crippen LogP contribution in [-0.2, 0) is 4.74 Å². The number of hydrogen-bond donors (Lipinski definition) is 4. The molecule has 5 atom stereocenters. The van der Waals surface area contributed by atoms with E-state index in [-0.39, 0.29) is 10.2 Å². The van der Waals surface area contributed by atoms with Crippen molar-refractivity contribution in [2.24, 2.45) is 0 Å². The van der Waals surface area contributed by atoms with Gasteiger partial charge < -0.3 is 34.5 Å². The molecule has 2 aromatic carbocycles. The first-order valence-corrected chi connectivity index (χ1v) is 11.5. The molecule has 10 heteroatoms. The van der Waals surface area contributed by atoms with Crippen LogP contribution < -0.4 is 4.74 Å². The van der Waals surface area contributed by atoms with Gasteiger partial charge in [-0.3, -0.25) is 0 Å². The molecular formula is C25H23ClN2O6S. The molecule has 1 aliphatic heterocycles. The standard InChI is InChI=1S/C25H23ClN2O6S/c1-33-16-8-4-13(5-9-16)17-10-19(14-2-6-15(26)7-3-14)28(25(35)18(17)11-27)24-23(32)22(31)21(30)20(12-29)34-24/h2-10,20-24,29-32H,12H2,1H3/t20-,21+,22+,23+,24-/m0/s1. The molecule has 0 saturated carbocycles. The van der Waals surface area contributed by atoms with Crippen molar-refractivity contribution in [2.75, 3.05) is 13.7 Å². The van der Waals surface area contributed by atoms with Crippen molar-refractivity contribution in [1.82, 2.24) is 4.57 Å². The highest BCUT2D eigenvalue weighted by Gasteiger charge is 2.45. The minimum atomic E-state index is -1.61. The van der Waals surface area contributed by atoms with Gasteiger partial charge >= 0.3 is 0 Å². The predicted octanol–water partition coefficient (Wildman–Crippen LogP) is 3.06. The fraction of sp³-hybridized carbons (Fsp3) is 0.280. The molecule has 35 heavy (non-hydrogen) atoms. The van der Waals surface area contributed by atoms with Gasteiger partial charge in [0.15, 0.2) is 6.23 Å². The van der Waals surface area contributed by atoms with E-state index in [1.54, 1.807) is 61.7 Å². The van der Waals surface area contributed by atoms with Gasteiger partial charge in [-0.15, -0.1) is 0 Å². The Balaban J connectivity index is 1.99. The monoisotopic (exact) mass is 514 g/mol. The van der Waals surface area contributed by atoms with E-state index in [9.17, 15) is 25.7 Å². The van der Waals surface area contributed by atoms with Gasteiger partial charge in [0.1, 0.15) is 40.9 Å². The third-order valence-corrected chi connectivity index (χ3v) is 6.67. The Labute approximate surface area is 211 Å². The quantitative estimate of drug-likeness (QED) is 0.382. The Bertz CT molecular complexity index is 1300. The lowest BCUT2D eigenvalue weighted by molar-refractivity contribution is -0.251. The van der Waals surface area contributed by atoms with E-state index in [0.717, 1.165) is 0 Å². The van der Waals surface area contributed by atoms with Gasteiger partial charge in [0.25, 0.3) is 0 Å². The van der Waals surface area contributed by atoms with E-state index in [4.69, 9.17) is 33.3 Å². The molecule has 0 amide bonds. The summed E-state index contributed by atoms with van der Waals surface area (Å²) in [5.41, 5.74) is 2.54. The number of aliphatic hydroxyl groups is 4. The van der Waals surface area contributed by atoms with Gasteiger partial charge in [-0.05, 0) is 41.5 Å². The molecule has 8 nitrogen and oxygen atoms in total. The lowest BCUT2D eigenvalue weighted by Gasteiger charge is -2.41. The van der Waals surface area contributed by atoms with Gasteiger partial charge in [0.2, 0.25) is 0 Å². The third-order valence-electron chi connectivity index (χ3n) is 6.02. The Kier molecular flexibility index (Phi) is 7.54. The van der Waals surface area contributed by atoms with Gasteiger partial charge in [0.05, 0.1) is 25.0 Å². The lowest BCUT2D eigenvalue weighted by Crippen LogP contribution is -2.56. The van der Waals surface area contributed by atoms with Crippen LogP contribution in [0.1, 0.15) is 11.8 Å². The van der Waals surface area contributed by atoms with E-state index < -0.39 is 37.3 Å². The number of nitrogens with zero attached hydrogens (tertiary/aromatic N) is 2. The number of ether oxygens (including phenoxy) is 2. The topological polar surface area (TPSA) is 128 Å². The molecule has 1 fully saturated rings. The number of aromatic nitrogens is 1. The van der Waals surface area contributed by atoms with E-state index >= 15 is 0 Å². The number of nitriles is 1. The first kappa shape index (κ1) is 25.3. The van der Waals surface area contributed by atoms with Crippen LogP contribution in [0.4, 0.5) is 0 Å². The van der Waals surface area contributed by atoms with Crippen LogP contribution in [0.5, 0.6) is 5.75 Å². The second-order valence-electron chi connectivity index (χ2n) is 8.06. The molecule has 0 bridgehead atoms. The highest BCUT2D eigenvalue weighted by molar-refractivity contribution is 7.71. The maximum Gasteiger partial charge on any atom is 0.164 e. The Morgan fingerprint density at radius 2 is 1.66 bits per heavy atom. The second-order valence-corrected chi connectivity index (χ2v) is 8.88. The zero-order valence-corrected chi connectivity index (χ0v) is 20.1. The molecule has 0 unspecified atom stereocenters. The van der Waals surface area contributed by atoms with Crippen LogP contribution in [0.2, 0.25) is 5.02 Å². The number of benzene rings is 2. The van der Waals surface area contributed by atoms with Crippen molar-refractivity contribution < 1.29 is 29.9 Å². The number of pyridine rings is 1. The fourth-order valence-electron chi connectivity index (χ4n) is 4.12. The van der Waals surface area contributed by atoms with Crippen molar-refractivity contribution in [3.05, 3.63) is 69.8 Å². The first-order valence-electron chi connectivity index (χ1n) is 10.7. The first-order chi connectivity index (χ1) is 16.8. The van der Waals surface area contributed by atoms with Crippen LogP contribution in [0.3, 0.4) is 0 Å². The Morgan fingerprint density at radius 1 is 1.03 bits per heavy atom. The summed E-state index contributed by atoms with van der Waals surface area (Å²) in [7, 11) is 1.56. The number of rotatable bonds is 5. The van der Waals surface area contributed by atoms with E-state index in [1.165, 1.54) is 4.57 Å². The van der Waals surface area contributed by atoms with Gasteiger partial charge in [0, 0.05) is 10.6 Å². The maximum absolute atomic E-state index is 10.8. The molecular weight excluding hydrogens is 492 g/mol. The minimum absolute atomic E-state index is 0.0510. The number of halogens is 1. The highest BCUT2D eigenvalue weighted by Crippen LogP contribution is 2.37. The van der Waals surface area contributed by atoms with Gasteiger partial charge in [-0.2, -0.15) is 5.26 Å². The van der Waals surface area contributed by atoms with Crippen molar-refractivity contribution in [1.29, 1.82) is 5.26 Å². The van der Waals surface area contributed by atoms with Crippen molar-refractivity contribution >= 4 is 23.8 Å². The molecule has 4 rings (SSSR count). The smallest absolute Gasteiger partial charge is 0.164 e. The lowest BCUT2D eigenvalue weighted by atomic mass is 9.95. The summed E-state index contributed by atoms with van der Waals surface area (Å²) in [4.78, 5) is 0. The Hall–Kier alpha value is -2.81. The van der Waals surface area contributed by atoms with Crippen molar-refractivity contribution in [2.45, 2.75) is 30.6 Å². The summed E-state index contributed by atoms with van der Waals surface area (Å²) < 4.78 is 12.5. The second kappa shape index (κ2) is 10.4. The summed E-state index contributed by atoms with van der Waals surface area (Å²) in [5.74, 6) is 0.649. The Morgan fingerprint density at radius 3 is 2.23 bits per heavy atom. The molecule has 0 aliphatic carbocycles. The van der Waals surface area contributed by atoms with Crippen LogP contribution in [0.15, 0.2) is 54.6 Å². The number of methoxy groups -OCH3 is 1. The molecule has 0 radical (unpaired) electrons. The largest absolute Gasteiger partial charge is 0.497 e. The van der Waals surface area contributed by atoms with E-state index in [1.807, 2.05) is 0 Å². The molecule has 1 aromatic heterocycles. The van der Waals surface area contributed by atoms with Crippen LogP contribution in [0, 0.1) is 16.0 Å². The molecule has 3 aromatic rings. The molecule has 0 spiro atoms. The van der Waals surface area contributed by atoms with Crippen LogP contribution >= 0.6 is 23.8 Å². The zero-order chi connectivity index (χ0) is 25.3. The zero-order valence-electron chi connectivity index (χ0n) is 18.6. The molecule has 2 heterocycles. The molecule has 182 valence electrons. The molecule has 1 aliphatic rings. The van der Waals surface area contributed by atoms with Gasteiger partial charge in [-0.25, -0.2) is 0 Å². The summed E-state index contributed by atoms with van der Waals surface area (Å²) >= 11 is 11.8. The fourth-order valence-corrected chi connectivity index (χ4v) is 4.60. The molecule has 4 N–H and O–H groups in total.